The normalized spacial score (nSPS) is 18.2. The number of hydrogen-bond donors (Lipinski definition) is 0. The topological polar surface area (TPSA) is 88.7 Å². The molecule has 1 amide bonds. The molecule has 1 saturated heterocycles. The van der Waals surface area contributed by atoms with Crippen molar-refractivity contribution in [3.63, 3.8) is 0 Å². The van der Waals surface area contributed by atoms with Crippen LogP contribution in [0.15, 0.2) is 29.1 Å². The first-order valence-electron chi connectivity index (χ1n) is 10.3. The molecule has 154 valence electrons. The summed E-state index contributed by atoms with van der Waals surface area (Å²) in [5.41, 5.74) is 0.0416. The molecule has 2 heterocycles. The van der Waals surface area contributed by atoms with E-state index in [-0.39, 0.29) is 11.8 Å². The summed E-state index contributed by atoms with van der Waals surface area (Å²) in [6.45, 7) is 2.01. The standard InChI is InChI=1S/C21H26N4O4/c1-22-17-10-6-5-9-16(17)18(19(21(22)27)25(28)29)23-11-13-24(14-12-23)20(26)15-7-3-2-4-8-15/h5-6,9-10,15H,2-4,7-8,11-14H2,1H3. The largest absolute Gasteiger partial charge is 0.362 e. The number of nitro groups is 1. The van der Waals surface area contributed by atoms with Crippen LogP contribution in [0.1, 0.15) is 32.1 Å². The van der Waals surface area contributed by atoms with Gasteiger partial charge >= 0.3 is 11.2 Å². The predicted octanol–water partition coefficient (Wildman–Crippen LogP) is 2.68. The van der Waals surface area contributed by atoms with Crippen molar-refractivity contribution in [3.05, 3.63) is 44.7 Å². The second kappa shape index (κ2) is 7.85. The summed E-state index contributed by atoms with van der Waals surface area (Å²) in [5.74, 6) is 0.335. The molecule has 1 aliphatic carbocycles. The zero-order valence-corrected chi connectivity index (χ0v) is 16.7. The highest BCUT2D eigenvalue weighted by molar-refractivity contribution is 5.96. The van der Waals surface area contributed by atoms with Gasteiger partial charge in [0, 0.05) is 44.5 Å². The summed E-state index contributed by atoms with van der Waals surface area (Å²) in [5, 5.41) is 12.4. The summed E-state index contributed by atoms with van der Waals surface area (Å²) in [6, 6.07) is 7.25. The number of aryl methyl sites for hydroxylation is 1. The van der Waals surface area contributed by atoms with Crippen molar-refractivity contribution in [2.45, 2.75) is 32.1 Å². The molecule has 8 nitrogen and oxygen atoms in total. The van der Waals surface area contributed by atoms with E-state index in [9.17, 15) is 19.7 Å². The van der Waals surface area contributed by atoms with Gasteiger partial charge in [-0.25, -0.2) is 0 Å². The molecule has 8 heteroatoms. The Kier molecular flexibility index (Phi) is 5.25. The first-order valence-corrected chi connectivity index (χ1v) is 10.3. The molecule has 1 aromatic heterocycles. The van der Waals surface area contributed by atoms with E-state index in [1.165, 1.54) is 11.0 Å². The number of carbonyl (C=O) groups is 1. The van der Waals surface area contributed by atoms with Crippen molar-refractivity contribution < 1.29 is 9.72 Å². The third kappa shape index (κ3) is 3.47. The lowest BCUT2D eigenvalue weighted by Gasteiger charge is -2.38. The number of piperazine rings is 1. The SMILES string of the molecule is Cn1c(=O)c([N+](=O)[O-])c(N2CCN(C(=O)C3CCCCC3)CC2)c2ccccc21. The van der Waals surface area contributed by atoms with Crippen LogP contribution in [0.4, 0.5) is 11.4 Å². The van der Waals surface area contributed by atoms with Crippen molar-refractivity contribution in [2.24, 2.45) is 13.0 Å². The molecule has 1 aromatic carbocycles. The maximum Gasteiger partial charge on any atom is 0.357 e. The average molecular weight is 398 g/mol. The zero-order valence-electron chi connectivity index (χ0n) is 16.7. The van der Waals surface area contributed by atoms with Crippen molar-refractivity contribution in [1.29, 1.82) is 0 Å². The monoisotopic (exact) mass is 398 g/mol. The molecule has 0 radical (unpaired) electrons. The summed E-state index contributed by atoms with van der Waals surface area (Å²) < 4.78 is 1.33. The number of hydrogen-bond acceptors (Lipinski definition) is 5. The number of anilines is 1. The average Bonchev–Trinajstić information content (AvgIpc) is 2.76. The number of amides is 1. The van der Waals surface area contributed by atoms with Crippen molar-refractivity contribution in [2.75, 3.05) is 31.1 Å². The number of carbonyl (C=O) groups excluding carboxylic acids is 1. The lowest BCUT2D eigenvalue weighted by molar-refractivity contribution is -0.385. The second-order valence-corrected chi connectivity index (χ2v) is 7.98. The number of nitrogens with zero attached hydrogens (tertiary/aromatic N) is 4. The molecule has 4 rings (SSSR count). The molecule has 0 bridgehead atoms. The van der Waals surface area contributed by atoms with Crippen LogP contribution in [0, 0.1) is 16.0 Å². The summed E-state index contributed by atoms with van der Waals surface area (Å²) in [4.78, 5) is 40.5. The van der Waals surface area contributed by atoms with Crippen LogP contribution < -0.4 is 10.5 Å². The maximum absolute atomic E-state index is 12.8. The molecule has 2 aliphatic rings. The van der Waals surface area contributed by atoms with E-state index in [2.05, 4.69) is 0 Å². The maximum atomic E-state index is 12.8. The van der Waals surface area contributed by atoms with E-state index in [0.29, 0.717) is 42.8 Å². The first-order chi connectivity index (χ1) is 14.0. The Hall–Kier alpha value is -2.90. The molecule has 2 aromatic rings. The molecule has 29 heavy (non-hydrogen) atoms. The van der Waals surface area contributed by atoms with Crippen LogP contribution in [0.5, 0.6) is 0 Å². The van der Waals surface area contributed by atoms with Crippen LogP contribution in [0.3, 0.4) is 0 Å². The third-order valence-corrected chi connectivity index (χ3v) is 6.30. The van der Waals surface area contributed by atoms with Gasteiger partial charge in [0.25, 0.3) is 0 Å². The van der Waals surface area contributed by atoms with Crippen LogP contribution in [-0.4, -0.2) is 46.5 Å². The highest BCUT2D eigenvalue weighted by atomic mass is 16.6. The Balaban J connectivity index is 1.64. The Morgan fingerprint density at radius 3 is 2.38 bits per heavy atom. The lowest BCUT2D eigenvalue weighted by atomic mass is 9.88. The zero-order chi connectivity index (χ0) is 20.5. The number of aromatic nitrogens is 1. The van der Waals surface area contributed by atoms with Gasteiger partial charge in [-0.3, -0.25) is 19.7 Å². The van der Waals surface area contributed by atoms with Crippen LogP contribution >= 0.6 is 0 Å². The quantitative estimate of drug-likeness (QED) is 0.586. The van der Waals surface area contributed by atoms with Gasteiger partial charge < -0.3 is 14.4 Å². The third-order valence-electron chi connectivity index (χ3n) is 6.30. The van der Waals surface area contributed by atoms with Crippen LogP contribution in [-0.2, 0) is 11.8 Å². The van der Waals surface area contributed by atoms with Gasteiger partial charge in [-0.15, -0.1) is 0 Å². The van der Waals surface area contributed by atoms with Gasteiger partial charge in [-0.2, -0.15) is 0 Å². The van der Waals surface area contributed by atoms with Gasteiger partial charge in [0.15, 0.2) is 0 Å². The van der Waals surface area contributed by atoms with Gasteiger partial charge in [-0.1, -0.05) is 37.5 Å². The van der Waals surface area contributed by atoms with Gasteiger partial charge in [0.2, 0.25) is 5.91 Å². The van der Waals surface area contributed by atoms with Crippen LogP contribution in [0.25, 0.3) is 10.9 Å². The number of rotatable bonds is 3. The van der Waals surface area contributed by atoms with E-state index in [0.717, 1.165) is 25.7 Å². The minimum atomic E-state index is -0.607. The highest BCUT2D eigenvalue weighted by Gasteiger charge is 2.33. The molecule has 0 N–H and O–H groups in total. The Labute approximate surface area is 168 Å². The Bertz CT molecular complexity index is 1000. The van der Waals surface area contributed by atoms with Crippen LogP contribution in [0.2, 0.25) is 0 Å². The fourth-order valence-electron chi connectivity index (χ4n) is 4.71. The van der Waals surface area contributed by atoms with Crippen molar-refractivity contribution in [3.8, 4) is 0 Å². The fraction of sp³-hybridized carbons (Fsp3) is 0.524. The van der Waals surface area contributed by atoms with E-state index in [4.69, 9.17) is 0 Å². The second-order valence-electron chi connectivity index (χ2n) is 7.98. The summed E-state index contributed by atoms with van der Waals surface area (Å²) in [6.07, 6.45) is 5.36. The molecule has 1 aliphatic heterocycles. The van der Waals surface area contributed by atoms with E-state index >= 15 is 0 Å². The number of fused-ring (bicyclic) bond motifs is 1. The molecule has 0 atom stereocenters. The molecule has 0 spiro atoms. The van der Waals surface area contributed by atoms with E-state index in [1.807, 2.05) is 28.0 Å². The molecule has 0 unspecified atom stereocenters. The lowest BCUT2D eigenvalue weighted by Crippen LogP contribution is -2.51. The molecule has 2 fully saturated rings. The smallest absolute Gasteiger partial charge is 0.357 e. The highest BCUT2D eigenvalue weighted by Crippen LogP contribution is 2.34. The van der Waals surface area contributed by atoms with Crippen molar-refractivity contribution >= 4 is 28.2 Å². The Morgan fingerprint density at radius 2 is 1.72 bits per heavy atom. The number of pyridine rings is 1. The minimum Gasteiger partial charge on any atom is -0.362 e. The minimum absolute atomic E-state index is 0.120. The molecule has 1 saturated carbocycles. The summed E-state index contributed by atoms with van der Waals surface area (Å²) in [7, 11) is 1.56. The van der Waals surface area contributed by atoms with E-state index in [1.54, 1.807) is 13.1 Å². The molecular weight excluding hydrogens is 372 g/mol. The fourth-order valence-corrected chi connectivity index (χ4v) is 4.71. The van der Waals surface area contributed by atoms with Crippen molar-refractivity contribution in [1.82, 2.24) is 9.47 Å². The molecular formula is C21H26N4O4. The Morgan fingerprint density at radius 1 is 1.07 bits per heavy atom. The number of para-hydroxylation sites is 1. The predicted molar refractivity (Wildman–Crippen MR) is 111 cm³/mol. The van der Waals surface area contributed by atoms with Gasteiger partial charge in [-0.05, 0) is 18.9 Å². The van der Waals surface area contributed by atoms with Gasteiger partial charge in [0.05, 0.1) is 10.4 Å². The van der Waals surface area contributed by atoms with Gasteiger partial charge in [0.1, 0.15) is 5.69 Å². The van der Waals surface area contributed by atoms with E-state index < -0.39 is 16.2 Å². The summed E-state index contributed by atoms with van der Waals surface area (Å²) >= 11 is 0. The first kappa shape index (κ1) is 19.4. The number of benzene rings is 1.